The lowest BCUT2D eigenvalue weighted by Crippen LogP contribution is -2.30. The Morgan fingerprint density at radius 1 is 0.323 bits per heavy atom. The summed E-state index contributed by atoms with van der Waals surface area (Å²) in [6.07, 6.45) is 68.5. The SMILES string of the molecule is CC/C=C\C/C=C\C/C=C\C/C=C\CCCCC(=O)OC[C@H](COC(=O)CCCCCCCCCCCCCCCCC)OC(=O)CCCCCC/C=C\C/C=C\C/C=C\CCCCC. The Balaban J connectivity index is 4.49. The molecule has 0 fully saturated rings. The van der Waals surface area contributed by atoms with Gasteiger partial charge >= 0.3 is 17.9 Å². The van der Waals surface area contributed by atoms with Crippen molar-refractivity contribution in [1.82, 2.24) is 0 Å². The van der Waals surface area contributed by atoms with Crippen LogP contribution in [0.5, 0.6) is 0 Å². The molecule has 0 amide bonds. The number of hydrogen-bond donors (Lipinski definition) is 0. The molecule has 0 heterocycles. The molecule has 0 aromatic rings. The minimum atomic E-state index is -0.804. The predicted molar refractivity (Wildman–Crippen MR) is 279 cm³/mol. The molecule has 65 heavy (non-hydrogen) atoms. The van der Waals surface area contributed by atoms with Gasteiger partial charge in [-0.15, -0.1) is 0 Å². The number of carbonyl (C=O) groups excluding carboxylic acids is 3. The minimum Gasteiger partial charge on any atom is -0.462 e. The molecule has 0 aromatic carbocycles. The van der Waals surface area contributed by atoms with Crippen molar-refractivity contribution in [2.45, 2.75) is 258 Å². The monoisotopic (exact) mass is 905 g/mol. The molecule has 6 nitrogen and oxygen atoms in total. The maximum atomic E-state index is 12.8. The van der Waals surface area contributed by atoms with Gasteiger partial charge in [0, 0.05) is 19.3 Å². The molecule has 0 aliphatic rings. The van der Waals surface area contributed by atoms with E-state index in [2.05, 4.69) is 106 Å². The highest BCUT2D eigenvalue weighted by atomic mass is 16.6. The Kier molecular flexibility index (Phi) is 50.4. The standard InChI is InChI=1S/C59H100O6/c1-4-7-10-13-16-19-22-25-28-29-32-35-38-41-44-47-50-53-59(62)65-56(54-63-57(60)51-48-45-42-39-36-33-30-26-23-20-17-14-11-8-5-2)55-64-58(61)52-49-46-43-40-37-34-31-27-24-21-18-15-12-9-6-3/h8,11,16-17,19-20,25-26,28,30,32,35-36,39,56H,4-7,9-10,12-15,18,21-24,27,29,31,33-34,37-38,40-55H2,1-3H3/b11-8-,19-16-,20-17-,28-25-,30-26-,35-32-,39-36-/t56-/m1/s1. The van der Waals surface area contributed by atoms with Crippen LogP contribution in [0.15, 0.2) is 85.1 Å². The van der Waals surface area contributed by atoms with E-state index in [4.69, 9.17) is 14.2 Å². The van der Waals surface area contributed by atoms with Crippen molar-refractivity contribution in [1.29, 1.82) is 0 Å². The first kappa shape index (κ1) is 61.6. The summed E-state index contributed by atoms with van der Waals surface area (Å²) in [7, 11) is 0. The molecular formula is C59H100O6. The molecule has 372 valence electrons. The maximum Gasteiger partial charge on any atom is 0.306 e. The first-order valence-corrected chi connectivity index (χ1v) is 27.1. The van der Waals surface area contributed by atoms with Crippen molar-refractivity contribution in [3.63, 3.8) is 0 Å². The lowest BCUT2D eigenvalue weighted by Gasteiger charge is -2.18. The van der Waals surface area contributed by atoms with Crippen LogP contribution in [0.25, 0.3) is 0 Å². The Hall–Kier alpha value is -3.41. The van der Waals surface area contributed by atoms with Crippen molar-refractivity contribution in [2.75, 3.05) is 13.2 Å². The van der Waals surface area contributed by atoms with Gasteiger partial charge in [-0.1, -0.05) is 221 Å². The molecule has 0 radical (unpaired) electrons. The molecule has 0 N–H and O–H groups in total. The van der Waals surface area contributed by atoms with Crippen LogP contribution in [0.3, 0.4) is 0 Å². The smallest absolute Gasteiger partial charge is 0.306 e. The third-order valence-electron chi connectivity index (χ3n) is 11.4. The second kappa shape index (κ2) is 53.2. The maximum absolute atomic E-state index is 12.8. The summed E-state index contributed by atoms with van der Waals surface area (Å²) in [6, 6.07) is 0. The van der Waals surface area contributed by atoms with Crippen molar-refractivity contribution in [2.24, 2.45) is 0 Å². The van der Waals surface area contributed by atoms with Crippen LogP contribution in [-0.4, -0.2) is 37.2 Å². The van der Waals surface area contributed by atoms with Gasteiger partial charge in [0.2, 0.25) is 0 Å². The average molecular weight is 905 g/mol. The van der Waals surface area contributed by atoms with Gasteiger partial charge in [-0.2, -0.15) is 0 Å². The second-order valence-corrected chi connectivity index (χ2v) is 17.8. The zero-order valence-electron chi connectivity index (χ0n) is 42.5. The Morgan fingerprint density at radius 3 is 1.00 bits per heavy atom. The summed E-state index contributed by atoms with van der Waals surface area (Å²) in [5.74, 6) is -0.959. The van der Waals surface area contributed by atoms with E-state index >= 15 is 0 Å². The van der Waals surface area contributed by atoms with Crippen molar-refractivity contribution in [3.05, 3.63) is 85.1 Å². The first-order valence-electron chi connectivity index (χ1n) is 27.1. The number of rotatable bonds is 48. The molecule has 0 saturated heterocycles. The zero-order valence-corrected chi connectivity index (χ0v) is 42.5. The van der Waals surface area contributed by atoms with E-state index < -0.39 is 6.10 Å². The fourth-order valence-corrected chi connectivity index (χ4v) is 7.32. The van der Waals surface area contributed by atoms with Gasteiger partial charge in [-0.05, 0) is 96.3 Å². The van der Waals surface area contributed by atoms with E-state index in [0.29, 0.717) is 19.3 Å². The van der Waals surface area contributed by atoms with Gasteiger partial charge in [0.15, 0.2) is 6.10 Å². The quantitative estimate of drug-likeness (QED) is 0.0262. The van der Waals surface area contributed by atoms with Gasteiger partial charge < -0.3 is 14.2 Å². The minimum absolute atomic E-state index is 0.0975. The number of allylic oxidation sites excluding steroid dienone is 14. The summed E-state index contributed by atoms with van der Waals surface area (Å²) in [4.78, 5) is 38.0. The third-order valence-corrected chi connectivity index (χ3v) is 11.4. The van der Waals surface area contributed by atoms with Crippen LogP contribution in [-0.2, 0) is 28.6 Å². The lowest BCUT2D eigenvalue weighted by atomic mass is 10.0. The lowest BCUT2D eigenvalue weighted by molar-refractivity contribution is -0.167. The van der Waals surface area contributed by atoms with Gasteiger partial charge in [0.25, 0.3) is 0 Å². The number of ether oxygens (including phenoxy) is 3. The normalized spacial score (nSPS) is 12.7. The molecule has 0 spiro atoms. The molecule has 0 unspecified atom stereocenters. The number of carbonyl (C=O) groups is 3. The zero-order chi connectivity index (χ0) is 47.2. The fourth-order valence-electron chi connectivity index (χ4n) is 7.32. The molecule has 6 heteroatoms. The molecule has 0 aromatic heterocycles. The molecule has 0 bridgehead atoms. The van der Waals surface area contributed by atoms with Crippen LogP contribution >= 0.6 is 0 Å². The number of hydrogen-bond acceptors (Lipinski definition) is 6. The Labute approximate surface area is 401 Å². The number of esters is 3. The van der Waals surface area contributed by atoms with E-state index in [0.717, 1.165) is 109 Å². The van der Waals surface area contributed by atoms with Crippen LogP contribution in [0.1, 0.15) is 252 Å². The van der Waals surface area contributed by atoms with Gasteiger partial charge in [0.05, 0.1) is 0 Å². The van der Waals surface area contributed by atoms with Crippen LogP contribution in [0.2, 0.25) is 0 Å². The summed E-state index contributed by atoms with van der Waals surface area (Å²) < 4.78 is 16.8. The Morgan fingerprint density at radius 2 is 0.600 bits per heavy atom. The van der Waals surface area contributed by atoms with Crippen LogP contribution in [0.4, 0.5) is 0 Å². The van der Waals surface area contributed by atoms with Gasteiger partial charge in [-0.3, -0.25) is 14.4 Å². The Bertz CT molecular complexity index is 1270. The molecule has 0 aliphatic heterocycles. The highest BCUT2D eigenvalue weighted by Crippen LogP contribution is 2.15. The largest absolute Gasteiger partial charge is 0.462 e. The van der Waals surface area contributed by atoms with E-state index in [1.54, 1.807) is 0 Å². The van der Waals surface area contributed by atoms with Crippen LogP contribution in [0, 0.1) is 0 Å². The summed E-state index contributed by atoms with van der Waals surface area (Å²) in [5, 5.41) is 0. The molecule has 0 saturated carbocycles. The van der Waals surface area contributed by atoms with Crippen molar-refractivity contribution < 1.29 is 28.6 Å². The fraction of sp³-hybridized carbons (Fsp3) is 0.712. The highest BCUT2D eigenvalue weighted by molar-refractivity contribution is 5.71. The predicted octanol–water partition coefficient (Wildman–Crippen LogP) is 18.0. The molecule has 0 rings (SSSR count). The topological polar surface area (TPSA) is 78.9 Å². The van der Waals surface area contributed by atoms with E-state index in [1.807, 2.05) is 0 Å². The van der Waals surface area contributed by atoms with Gasteiger partial charge in [0.1, 0.15) is 13.2 Å². The van der Waals surface area contributed by atoms with E-state index in [9.17, 15) is 14.4 Å². The van der Waals surface area contributed by atoms with Gasteiger partial charge in [-0.25, -0.2) is 0 Å². The summed E-state index contributed by atoms with van der Waals surface area (Å²) in [5.41, 5.74) is 0. The number of unbranched alkanes of at least 4 members (excludes halogenated alkanes) is 23. The second-order valence-electron chi connectivity index (χ2n) is 17.8. The van der Waals surface area contributed by atoms with Crippen molar-refractivity contribution >= 4 is 17.9 Å². The molecule has 1 atom stereocenters. The summed E-state index contributed by atoms with van der Waals surface area (Å²) >= 11 is 0. The summed E-state index contributed by atoms with van der Waals surface area (Å²) in [6.45, 7) is 6.45. The molecule has 0 aliphatic carbocycles. The average Bonchev–Trinajstić information content (AvgIpc) is 3.30. The van der Waals surface area contributed by atoms with E-state index in [1.165, 1.54) is 103 Å². The molecular weight excluding hydrogens is 805 g/mol. The van der Waals surface area contributed by atoms with Crippen molar-refractivity contribution in [3.8, 4) is 0 Å². The van der Waals surface area contributed by atoms with E-state index in [-0.39, 0.29) is 31.1 Å². The highest BCUT2D eigenvalue weighted by Gasteiger charge is 2.19. The van der Waals surface area contributed by atoms with Crippen LogP contribution < -0.4 is 0 Å². The first-order chi connectivity index (χ1) is 32.0. The third kappa shape index (κ3) is 51.4.